The summed E-state index contributed by atoms with van der Waals surface area (Å²) in [6, 6.07) is 7.91. The number of hydrogen-bond acceptors (Lipinski definition) is 2. The van der Waals surface area contributed by atoms with Crippen LogP contribution in [-0.4, -0.2) is 5.78 Å². The molecular weight excluding hydrogens is 224 g/mol. The molecule has 1 aromatic heterocycles. The summed E-state index contributed by atoms with van der Waals surface area (Å²) >= 11 is 0. The van der Waals surface area contributed by atoms with Crippen LogP contribution in [0.5, 0.6) is 0 Å². The molecule has 0 radical (unpaired) electrons. The van der Waals surface area contributed by atoms with Crippen LogP contribution in [0, 0.1) is 18.8 Å². The predicted molar refractivity (Wildman–Crippen MR) is 71.8 cm³/mol. The lowest BCUT2D eigenvalue weighted by Gasteiger charge is -2.05. The second kappa shape index (κ2) is 4.27. The zero-order valence-electron chi connectivity index (χ0n) is 10.9. The van der Waals surface area contributed by atoms with E-state index in [0.717, 1.165) is 35.8 Å². The van der Waals surface area contributed by atoms with Crippen LogP contribution in [0.4, 0.5) is 0 Å². The quantitative estimate of drug-likeness (QED) is 0.732. The van der Waals surface area contributed by atoms with Gasteiger partial charge in [-0.25, -0.2) is 0 Å². The van der Waals surface area contributed by atoms with Gasteiger partial charge in [-0.1, -0.05) is 25.1 Å². The Kier molecular flexibility index (Phi) is 2.73. The van der Waals surface area contributed by atoms with E-state index in [2.05, 4.69) is 6.92 Å². The molecular formula is C16H18O2. The van der Waals surface area contributed by atoms with Crippen molar-refractivity contribution in [1.82, 2.24) is 0 Å². The van der Waals surface area contributed by atoms with E-state index in [0.29, 0.717) is 11.7 Å². The molecule has 0 spiro atoms. The zero-order valence-corrected chi connectivity index (χ0v) is 10.9. The molecule has 1 heterocycles. The van der Waals surface area contributed by atoms with Crippen molar-refractivity contribution in [2.75, 3.05) is 0 Å². The molecule has 0 bridgehead atoms. The summed E-state index contributed by atoms with van der Waals surface area (Å²) in [6.45, 7) is 4.23. The number of carbonyl (C=O) groups excluding carboxylic acids is 1. The van der Waals surface area contributed by atoms with Gasteiger partial charge < -0.3 is 4.42 Å². The van der Waals surface area contributed by atoms with Crippen molar-refractivity contribution in [3.63, 3.8) is 0 Å². The summed E-state index contributed by atoms with van der Waals surface area (Å²) in [5.41, 5.74) is 1.94. The van der Waals surface area contributed by atoms with Gasteiger partial charge in [-0.2, -0.15) is 0 Å². The maximum absolute atomic E-state index is 12.4. The fourth-order valence-electron chi connectivity index (χ4n) is 2.98. The summed E-state index contributed by atoms with van der Waals surface area (Å²) in [4.78, 5) is 12.4. The topological polar surface area (TPSA) is 30.2 Å². The molecule has 0 saturated heterocycles. The van der Waals surface area contributed by atoms with Gasteiger partial charge in [-0.3, -0.25) is 4.79 Å². The van der Waals surface area contributed by atoms with Gasteiger partial charge in [0.15, 0.2) is 5.76 Å². The average Bonchev–Trinajstić information content (AvgIpc) is 2.95. The molecule has 0 aliphatic heterocycles. The largest absolute Gasteiger partial charge is 0.453 e. The van der Waals surface area contributed by atoms with E-state index >= 15 is 0 Å². The molecule has 1 aromatic carbocycles. The highest BCUT2D eigenvalue weighted by Gasteiger charge is 2.30. The monoisotopic (exact) mass is 242 g/mol. The van der Waals surface area contributed by atoms with Gasteiger partial charge >= 0.3 is 0 Å². The lowest BCUT2D eigenvalue weighted by atomic mass is 9.99. The van der Waals surface area contributed by atoms with Crippen molar-refractivity contribution in [3.8, 4) is 0 Å². The average molecular weight is 242 g/mol. The Morgan fingerprint density at radius 2 is 2.17 bits per heavy atom. The number of para-hydroxylation sites is 1. The molecule has 1 aliphatic carbocycles. The van der Waals surface area contributed by atoms with Crippen LogP contribution in [0.25, 0.3) is 11.0 Å². The van der Waals surface area contributed by atoms with Gasteiger partial charge in [0, 0.05) is 11.3 Å². The third-order valence-electron chi connectivity index (χ3n) is 4.05. The predicted octanol–water partition coefficient (Wildman–Crippen LogP) is 4.36. The molecule has 1 aliphatic rings. The van der Waals surface area contributed by atoms with Crippen LogP contribution in [-0.2, 0) is 0 Å². The smallest absolute Gasteiger partial charge is 0.201 e. The van der Waals surface area contributed by atoms with Crippen molar-refractivity contribution in [2.24, 2.45) is 11.8 Å². The fourth-order valence-corrected chi connectivity index (χ4v) is 2.98. The Labute approximate surface area is 107 Å². The molecule has 2 heteroatoms. The number of carbonyl (C=O) groups is 1. The van der Waals surface area contributed by atoms with Crippen molar-refractivity contribution in [3.05, 3.63) is 35.6 Å². The Morgan fingerprint density at radius 3 is 2.83 bits per heavy atom. The summed E-state index contributed by atoms with van der Waals surface area (Å²) in [6.07, 6.45) is 3.18. The molecule has 0 amide bonds. The molecule has 2 atom stereocenters. The van der Waals surface area contributed by atoms with Crippen molar-refractivity contribution >= 4 is 16.8 Å². The molecule has 1 fully saturated rings. The SMILES string of the molecule is Cc1cccc2cc(C(=O)C3CCC(C)C3)oc12. The normalized spacial score (nSPS) is 23.7. The second-order valence-electron chi connectivity index (χ2n) is 5.58. The van der Waals surface area contributed by atoms with E-state index < -0.39 is 0 Å². The van der Waals surface area contributed by atoms with E-state index in [1.54, 1.807) is 0 Å². The lowest BCUT2D eigenvalue weighted by molar-refractivity contribution is 0.0894. The zero-order chi connectivity index (χ0) is 12.7. The molecule has 1 saturated carbocycles. The van der Waals surface area contributed by atoms with Crippen molar-refractivity contribution in [1.29, 1.82) is 0 Å². The van der Waals surface area contributed by atoms with E-state index in [9.17, 15) is 4.79 Å². The third-order valence-corrected chi connectivity index (χ3v) is 4.05. The Bertz CT molecular complexity index is 594. The number of hydrogen-bond donors (Lipinski definition) is 0. The van der Waals surface area contributed by atoms with E-state index in [1.807, 2.05) is 31.2 Å². The molecule has 2 unspecified atom stereocenters. The standard InChI is InChI=1S/C16H18O2/c1-10-6-7-12(8-10)15(17)14-9-13-5-3-4-11(2)16(13)18-14/h3-5,9-10,12H,6-8H2,1-2H3. The van der Waals surface area contributed by atoms with Crippen LogP contribution in [0.1, 0.15) is 42.3 Å². The van der Waals surface area contributed by atoms with Crippen LogP contribution in [0.3, 0.4) is 0 Å². The van der Waals surface area contributed by atoms with Crippen molar-refractivity contribution < 1.29 is 9.21 Å². The van der Waals surface area contributed by atoms with Gasteiger partial charge in [0.2, 0.25) is 5.78 Å². The summed E-state index contributed by atoms with van der Waals surface area (Å²) in [5, 5.41) is 1.03. The van der Waals surface area contributed by atoms with Gasteiger partial charge in [-0.05, 0) is 43.7 Å². The highest BCUT2D eigenvalue weighted by atomic mass is 16.3. The van der Waals surface area contributed by atoms with Crippen LogP contribution < -0.4 is 0 Å². The lowest BCUT2D eigenvalue weighted by Crippen LogP contribution is -2.10. The van der Waals surface area contributed by atoms with Crippen LogP contribution in [0.2, 0.25) is 0 Å². The first-order valence-corrected chi connectivity index (χ1v) is 6.68. The van der Waals surface area contributed by atoms with Crippen LogP contribution in [0.15, 0.2) is 28.7 Å². The summed E-state index contributed by atoms with van der Waals surface area (Å²) in [5.74, 6) is 1.57. The Balaban J connectivity index is 1.95. The number of aryl methyl sites for hydroxylation is 1. The number of furan rings is 1. The molecule has 3 rings (SSSR count). The minimum Gasteiger partial charge on any atom is -0.453 e. The summed E-state index contributed by atoms with van der Waals surface area (Å²) in [7, 11) is 0. The summed E-state index contributed by atoms with van der Waals surface area (Å²) < 4.78 is 5.76. The number of Topliss-reactive ketones (excluding diaryl/α,β-unsaturated/α-hetero) is 1. The maximum atomic E-state index is 12.4. The van der Waals surface area contributed by atoms with Gasteiger partial charge in [0.05, 0.1) is 0 Å². The maximum Gasteiger partial charge on any atom is 0.201 e. The number of rotatable bonds is 2. The first kappa shape index (κ1) is 11.5. The first-order chi connectivity index (χ1) is 8.65. The highest BCUT2D eigenvalue weighted by molar-refractivity contribution is 5.99. The van der Waals surface area contributed by atoms with Gasteiger partial charge in [-0.15, -0.1) is 0 Å². The van der Waals surface area contributed by atoms with Gasteiger partial charge in [0.1, 0.15) is 5.58 Å². The van der Waals surface area contributed by atoms with E-state index in [1.165, 1.54) is 0 Å². The Morgan fingerprint density at radius 1 is 1.33 bits per heavy atom. The number of fused-ring (bicyclic) bond motifs is 1. The number of benzene rings is 1. The minimum absolute atomic E-state index is 0.167. The Hall–Kier alpha value is -1.57. The molecule has 94 valence electrons. The van der Waals surface area contributed by atoms with E-state index in [4.69, 9.17) is 4.42 Å². The molecule has 0 N–H and O–H groups in total. The fraction of sp³-hybridized carbons (Fsp3) is 0.438. The first-order valence-electron chi connectivity index (χ1n) is 6.68. The molecule has 18 heavy (non-hydrogen) atoms. The van der Waals surface area contributed by atoms with E-state index in [-0.39, 0.29) is 11.7 Å². The highest BCUT2D eigenvalue weighted by Crippen LogP contribution is 2.34. The van der Waals surface area contributed by atoms with Crippen LogP contribution >= 0.6 is 0 Å². The van der Waals surface area contributed by atoms with Gasteiger partial charge in [0.25, 0.3) is 0 Å². The minimum atomic E-state index is 0.167. The molecule has 2 nitrogen and oxygen atoms in total. The second-order valence-corrected chi connectivity index (χ2v) is 5.58. The number of ketones is 1. The molecule has 2 aromatic rings. The third kappa shape index (κ3) is 1.86. The van der Waals surface area contributed by atoms with Crippen molar-refractivity contribution in [2.45, 2.75) is 33.1 Å².